The molecule has 0 unspecified atom stereocenters. The molecule has 0 aromatic heterocycles. The molecule has 0 aliphatic heterocycles. The van der Waals surface area contributed by atoms with Crippen molar-refractivity contribution < 1.29 is 14.4 Å². The molecule has 0 bridgehead atoms. The summed E-state index contributed by atoms with van der Waals surface area (Å²) >= 11 is 12.0. The average Bonchev–Trinajstić information content (AvgIpc) is 2.56. The predicted molar refractivity (Wildman–Crippen MR) is 104 cm³/mol. The first-order valence-corrected chi connectivity index (χ1v) is 8.67. The van der Waals surface area contributed by atoms with Crippen molar-refractivity contribution in [3.05, 3.63) is 58.1 Å². The normalized spacial score (nSPS) is 10.3. The minimum Gasteiger partial charge on any atom is -0.326 e. The molecule has 0 saturated heterocycles. The third-order valence-corrected chi connectivity index (χ3v) is 4.23. The molecule has 2 aromatic carbocycles. The van der Waals surface area contributed by atoms with Crippen LogP contribution >= 0.6 is 23.2 Å². The Kier molecular flexibility index (Phi) is 6.77. The molecule has 136 valence electrons. The molecule has 0 aliphatic carbocycles. The van der Waals surface area contributed by atoms with E-state index in [0.29, 0.717) is 27.0 Å². The number of hydrogen-bond donors (Lipinski definition) is 1. The van der Waals surface area contributed by atoms with Crippen molar-refractivity contribution >= 4 is 52.2 Å². The van der Waals surface area contributed by atoms with Crippen LogP contribution in [0, 0.1) is 0 Å². The highest BCUT2D eigenvalue weighted by molar-refractivity contribution is 6.36. The number of nitrogens with one attached hydrogen (secondary N) is 1. The van der Waals surface area contributed by atoms with Crippen LogP contribution in [0.25, 0.3) is 0 Å². The van der Waals surface area contributed by atoms with Gasteiger partial charge in [0, 0.05) is 36.2 Å². The maximum atomic E-state index is 12.2. The summed E-state index contributed by atoms with van der Waals surface area (Å²) in [4.78, 5) is 37.0. The summed E-state index contributed by atoms with van der Waals surface area (Å²) < 4.78 is 0. The third kappa shape index (κ3) is 5.31. The van der Waals surface area contributed by atoms with Crippen molar-refractivity contribution in [1.29, 1.82) is 0 Å². The van der Waals surface area contributed by atoms with E-state index in [1.54, 1.807) is 42.5 Å². The van der Waals surface area contributed by atoms with Gasteiger partial charge in [0.05, 0.1) is 10.7 Å². The lowest BCUT2D eigenvalue weighted by Crippen LogP contribution is -2.32. The molecule has 0 saturated carbocycles. The van der Waals surface area contributed by atoms with Gasteiger partial charge in [-0.25, -0.2) is 0 Å². The zero-order valence-corrected chi connectivity index (χ0v) is 15.9. The lowest BCUT2D eigenvalue weighted by atomic mass is 10.1. The maximum absolute atomic E-state index is 12.2. The number of carbonyl (C=O) groups is 3. The van der Waals surface area contributed by atoms with Gasteiger partial charge in [0.15, 0.2) is 5.78 Å². The van der Waals surface area contributed by atoms with Crippen molar-refractivity contribution in [2.24, 2.45) is 0 Å². The minimum atomic E-state index is -0.276. The van der Waals surface area contributed by atoms with E-state index in [-0.39, 0.29) is 30.6 Å². The molecule has 7 heteroatoms. The summed E-state index contributed by atoms with van der Waals surface area (Å²) in [7, 11) is 0. The summed E-state index contributed by atoms with van der Waals surface area (Å²) in [5.41, 5.74) is 1.54. The number of hydrogen-bond acceptors (Lipinski definition) is 3. The molecule has 0 spiro atoms. The second-order valence-corrected chi connectivity index (χ2v) is 6.55. The van der Waals surface area contributed by atoms with Gasteiger partial charge in [0.25, 0.3) is 0 Å². The molecule has 0 aliphatic rings. The highest BCUT2D eigenvalue weighted by Crippen LogP contribution is 2.29. The number of carbonyl (C=O) groups excluding carboxylic acids is 3. The SMILES string of the molecule is CC(=O)c1cccc(NC(=O)CCN(C(C)=O)c2ccc(Cl)cc2Cl)c1. The van der Waals surface area contributed by atoms with Crippen molar-refractivity contribution in [2.45, 2.75) is 20.3 Å². The molecule has 0 atom stereocenters. The molecule has 1 N–H and O–H groups in total. The quantitative estimate of drug-likeness (QED) is 0.731. The van der Waals surface area contributed by atoms with E-state index >= 15 is 0 Å². The topological polar surface area (TPSA) is 66.5 Å². The van der Waals surface area contributed by atoms with Crippen molar-refractivity contribution in [3.63, 3.8) is 0 Å². The zero-order valence-electron chi connectivity index (χ0n) is 14.4. The summed E-state index contributed by atoms with van der Waals surface area (Å²) in [5.74, 6) is -0.594. The van der Waals surface area contributed by atoms with Gasteiger partial charge >= 0.3 is 0 Å². The molecule has 0 fully saturated rings. The first kappa shape index (κ1) is 19.9. The Labute approximate surface area is 161 Å². The molecule has 5 nitrogen and oxygen atoms in total. The third-order valence-electron chi connectivity index (χ3n) is 3.70. The summed E-state index contributed by atoms with van der Waals surface area (Å²) in [6.45, 7) is 3.02. The second-order valence-electron chi connectivity index (χ2n) is 5.70. The molecule has 2 rings (SSSR count). The number of amides is 2. The van der Waals surface area contributed by atoms with Gasteiger partial charge in [-0.15, -0.1) is 0 Å². The fourth-order valence-electron chi connectivity index (χ4n) is 2.40. The van der Waals surface area contributed by atoms with Crippen LogP contribution in [0.5, 0.6) is 0 Å². The van der Waals surface area contributed by atoms with E-state index in [1.165, 1.54) is 18.7 Å². The number of anilines is 2. The summed E-state index contributed by atoms with van der Waals surface area (Å²) in [5, 5.41) is 3.52. The lowest BCUT2D eigenvalue weighted by Gasteiger charge is -2.22. The number of benzene rings is 2. The fourth-order valence-corrected chi connectivity index (χ4v) is 2.91. The van der Waals surface area contributed by atoms with Gasteiger partial charge in [-0.1, -0.05) is 35.3 Å². The maximum Gasteiger partial charge on any atom is 0.226 e. The molecular formula is C19H18Cl2N2O3. The monoisotopic (exact) mass is 392 g/mol. The zero-order chi connectivity index (χ0) is 19.3. The van der Waals surface area contributed by atoms with Crippen LogP contribution in [0.1, 0.15) is 30.6 Å². The van der Waals surface area contributed by atoms with Gasteiger partial charge in [0.1, 0.15) is 0 Å². The fraction of sp³-hybridized carbons (Fsp3) is 0.211. The van der Waals surface area contributed by atoms with E-state index in [4.69, 9.17) is 23.2 Å². The van der Waals surface area contributed by atoms with Crippen molar-refractivity contribution in [1.82, 2.24) is 0 Å². The number of rotatable bonds is 6. The lowest BCUT2D eigenvalue weighted by molar-refractivity contribution is -0.117. The van der Waals surface area contributed by atoms with Crippen LogP contribution in [-0.2, 0) is 9.59 Å². The number of Topliss-reactive ketones (excluding diaryl/α,β-unsaturated/α-hetero) is 1. The van der Waals surface area contributed by atoms with Gasteiger partial charge in [-0.3, -0.25) is 14.4 Å². The van der Waals surface area contributed by atoms with Crippen LogP contribution < -0.4 is 10.2 Å². The van der Waals surface area contributed by atoms with Gasteiger partial charge < -0.3 is 10.2 Å². The molecule has 0 radical (unpaired) electrons. The van der Waals surface area contributed by atoms with Crippen LogP contribution in [0.4, 0.5) is 11.4 Å². The average molecular weight is 393 g/mol. The van der Waals surface area contributed by atoms with Crippen LogP contribution in [0.3, 0.4) is 0 Å². The summed E-state index contributed by atoms with van der Waals surface area (Å²) in [6.07, 6.45) is 0.0723. The van der Waals surface area contributed by atoms with Gasteiger partial charge in [-0.2, -0.15) is 0 Å². The number of nitrogens with zero attached hydrogens (tertiary/aromatic N) is 1. The Morgan fingerprint density at radius 3 is 2.38 bits per heavy atom. The van der Waals surface area contributed by atoms with Crippen molar-refractivity contribution in [3.8, 4) is 0 Å². The van der Waals surface area contributed by atoms with Crippen LogP contribution in [0.2, 0.25) is 10.0 Å². The first-order chi connectivity index (χ1) is 12.3. The van der Waals surface area contributed by atoms with Gasteiger partial charge in [0.2, 0.25) is 11.8 Å². The molecular weight excluding hydrogens is 375 g/mol. The molecule has 0 heterocycles. The van der Waals surface area contributed by atoms with E-state index in [0.717, 1.165) is 0 Å². The van der Waals surface area contributed by atoms with Crippen LogP contribution in [-0.4, -0.2) is 24.1 Å². The summed E-state index contributed by atoms with van der Waals surface area (Å²) in [6, 6.07) is 11.5. The Balaban J connectivity index is 2.05. The van der Waals surface area contributed by atoms with E-state index < -0.39 is 0 Å². The highest BCUT2D eigenvalue weighted by Gasteiger charge is 2.16. The molecule has 2 aromatic rings. The standard InChI is InChI=1S/C19H18Cl2N2O3/c1-12(24)14-4-3-5-16(10-14)22-19(26)8-9-23(13(2)25)18-7-6-15(20)11-17(18)21/h3-7,10-11H,8-9H2,1-2H3,(H,22,26). The van der Waals surface area contributed by atoms with Crippen LogP contribution in [0.15, 0.2) is 42.5 Å². The van der Waals surface area contributed by atoms with E-state index in [1.807, 2.05) is 0 Å². The van der Waals surface area contributed by atoms with Crippen molar-refractivity contribution in [2.75, 3.05) is 16.8 Å². The number of halogens is 2. The minimum absolute atomic E-state index is 0.0723. The first-order valence-electron chi connectivity index (χ1n) is 7.92. The largest absolute Gasteiger partial charge is 0.326 e. The molecule has 2 amide bonds. The Bertz CT molecular complexity index is 852. The van der Waals surface area contributed by atoms with E-state index in [9.17, 15) is 14.4 Å². The molecule has 26 heavy (non-hydrogen) atoms. The Morgan fingerprint density at radius 1 is 1.04 bits per heavy atom. The van der Waals surface area contributed by atoms with Gasteiger partial charge in [-0.05, 0) is 37.3 Å². The smallest absolute Gasteiger partial charge is 0.226 e. The Morgan fingerprint density at radius 2 is 1.77 bits per heavy atom. The number of ketones is 1. The Hall–Kier alpha value is -2.37. The van der Waals surface area contributed by atoms with E-state index in [2.05, 4.69) is 5.32 Å². The predicted octanol–water partition coefficient (Wildman–Crippen LogP) is 4.58. The highest BCUT2D eigenvalue weighted by atomic mass is 35.5. The second kappa shape index (κ2) is 8.83.